The first-order valence-electron chi connectivity index (χ1n) is 43.3. The van der Waals surface area contributed by atoms with Crippen molar-refractivity contribution >= 4 is 39.5 Å². The van der Waals surface area contributed by atoms with E-state index in [0.717, 1.165) is 120 Å². The third kappa shape index (κ3) is 74.0. The molecule has 19 heteroatoms. The predicted octanol–water partition coefficient (Wildman–Crippen LogP) is 25.2. The first-order chi connectivity index (χ1) is 49.7. The minimum Gasteiger partial charge on any atom is -0.462 e. The van der Waals surface area contributed by atoms with Gasteiger partial charge in [-0.15, -0.1) is 0 Å². The molecule has 0 spiro atoms. The molecule has 0 rings (SSSR count). The van der Waals surface area contributed by atoms with Crippen LogP contribution >= 0.6 is 15.6 Å². The summed E-state index contributed by atoms with van der Waals surface area (Å²) in [6.07, 6.45) is 61.0. The van der Waals surface area contributed by atoms with Gasteiger partial charge in [-0.1, -0.05) is 383 Å². The predicted molar refractivity (Wildman–Crippen MR) is 423 cm³/mol. The molecule has 3 N–H and O–H groups in total. The van der Waals surface area contributed by atoms with Crippen molar-refractivity contribution in [2.24, 2.45) is 23.7 Å². The molecule has 0 aliphatic carbocycles. The number of rotatable bonds is 81. The number of esters is 4. The summed E-state index contributed by atoms with van der Waals surface area (Å²) in [5.74, 6) is 1.09. The average molecular weight is 1510 g/mol. The smallest absolute Gasteiger partial charge is 0.462 e. The maximum atomic E-state index is 13.1. The molecule has 5 unspecified atom stereocenters. The van der Waals surface area contributed by atoms with Crippen molar-refractivity contribution in [1.82, 2.24) is 0 Å². The van der Waals surface area contributed by atoms with Crippen LogP contribution in [0.2, 0.25) is 0 Å². The van der Waals surface area contributed by atoms with Crippen molar-refractivity contribution in [3.63, 3.8) is 0 Å². The minimum atomic E-state index is -4.96. The number of aliphatic hydroxyl groups is 1. The number of unbranched alkanes of at least 4 members (excludes halogenated alkanes) is 44. The van der Waals surface area contributed by atoms with Gasteiger partial charge in [0, 0.05) is 25.7 Å². The second kappa shape index (κ2) is 72.9. The lowest BCUT2D eigenvalue weighted by atomic mass is 9.99. The fraction of sp³-hybridized carbons (Fsp3) is 0.952. The summed E-state index contributed by atoms with van der Waals surface area (Å²) in [5.41, 5.74) is 0. The molecule has 103 heavy (non-hydrogen) atoms. The summed E-state index contributed by atoms with van der Waals surface area (Å²) in [7, 11) is -9.93. The van der Waals surface area contributed by atoms with Gasteiger partial charge in [0.2, 0.25) is 0 Å². The Morgan fingerprint density at radius 1 is 0.272 bits per heavy atom. The van der Waals surface area contributed by atoms with Gasteiger partial charge in [-0.05, 0) is 49.4 Å². The molecule has 0 aromatic carbocycles. The zero-order chi connectivity index (χ0) is 76.0. The van der Waals surface area contributed by atoms with Gasteiger partial charge in [0.15, 0.2) is 12.2 Å². The molecule has 0 amide bonds. The normalized spacial score (nSPS) is 14.8. The molecule has 0 heterocycles. The van der Waals surface area contributed by atoms with Gasteiger partial charge in [-0.2, -0.15) is 0 Å². The Bertz CT molecular complexity index is 2010. The van der Waals surface area contributed by atoms with Crippen LogP contribution in [0.1, 0.15) is 434 Å². The zero-order valence-electron chi connectivity index (χ0n) is 68.0. The lowest BCUT2D eigenvalue weighted by Gasteiger charge is -2.21. The molecule has 8 atom stereocenters. The van der Waals surface area contributed by atoms with Crippen molar-refractivity contribution in [2.75, 3.05) is 39.6 Å². The molecule has 0 saturated heterocycles. The van der Waals surface area contributed by atoms with Crippen LogP contribution in [0.15, 0.2) is 0 Å². The molecule has 612 valence electrons. The highest BCUT2D eigenvalue weighted by molar-refractivity contribution is 7.47. The van der Waals surface area contributed by atoms with E-state index in [2.05, 4.69) is 55.4 Å². The molecular weight excluding hydrogens is 1340 g/mol. The lowest BCUT2D eigenvalue weighted by Crippen LogP contribution is -2.30. The summed E-state index contributed by atoms with van der Waals surface area (Å²) in [5, 5.41) is 10.7. The van der Waals surface area contributed by atoms with Crippen LogP contribution in [0.4, 0.5) is 0 Å². The highest BCUT2D eigenvalue weighted by Crippen LogP contribution is 2.45. The molecular formula is C84H164O17P2. The number of carbonyl (C=O) groups is 4. The lowest BCUT2D eigenvalue weighted by molar-refractivity contribution is -0.161. The number of aliphatic hydroxyl groups excluding tert-OH is 1. The van der Waals surface area contributed by atoms with Crippen molar-refractivity contribution in [1.29, 1.82) is 0 Å². The van der Waals surface area contributed by atoms with E-state index in [1.807, 2.05) is 0 Å². The maximum absolute atomic E-state index is 13.1. The number of hydrogen-bond acceptors (Lipinski definition) is 15. The second-order valence-electron chi connectivity index (χ2n) is 31.4. The van der Waals surface area contributed by atoms with E-state index < -0.39 is 97.5 Å². The highest BCUT2D eigenvalue weighted by atomic mass is 31.2. The molecule has 17 nitrogen and oxygen atoms in total. The number of carbonyl (C=O) groups excluding carboxylic acids is 4. The Labute approximate surface area is 632 Å². The van der Waals surface area contributed by atoms with Crippen LogP contribution < -0.4 is 0 Å². The van der Waals surface area contributed by atoms with Crippen molar-refractivity contribution in [3.8, 4) is 0 Å². The van der Waals surface area contributed by atoms with Gasteiger partial charge in [0.25, 0.3) is 0 Å². The Kier molecular flexibility index (Phi) is 71.5. The van der Waals surface area contributed by atoms with E-state index in [-0.39, 0.29) is 25.7 Å². The Balaban J connectivity index is 5.22. The third-order valence-corrected chi connectivity index (χ3v) is 22.6. The summed E-state index contributed by atoms with van der Waals surface area (Å²) >= 11 is 0. The van der Waals surface area contributed by atoms with Crippen LogP contribution in [-0.4, -0.2) is 96.7 Å². The fourth-order valence-electron chi connectivity index (χ4n) is 12.9. The molecule has 0 radical (unpaired) electrons. The van der Waals surface area contributed by atoms with Crippen LogP contribution in [0, 0.1) is 23.7 Å². The molecule has 0 aliphatic heterocycles. The second-order valence-corrected chi connectivity index (χ2v) is 34.3. The van der Waals surface area contributed by atoms with Crippen molar-refractivity contribution < 1.29 is 80.2 Å². The van der Waals surface area contributed by atoms with Gasteiger partial charge < -0.3 is 33.8 Å². The van der Waals surface area contributed by atoms with E-state index in [1.165, 1.54) is 231 Å². The van der Waals surface area contributed by atoms with Gasteiger partial charge in [0.1, 0.15) is 19.3 Å². The van der Waals surface area contributed by atoms with E-state index in [9.17, 15) is 43.2 Å². The first-order valence-corrected chi connectivity index (χ1v) is 46.3. The molecule has 0 fully saturated rings. The summed E-state index contributed by atoms with van der Waals surface area (Å²) in [6.45, 7) is 14.3. The topological polar surface area (TPSA) is 237 Å². The highest BCUT2D eigenvalue weighted by Gasteiger charge is 2.30. The molecule has 0 bridgehead atoms. The van der Waals surface area contributed by atoms with Crippen molar-refractivity contribution in [2.45, 2.75) is 453 Å². The fourth-order valence-corrected chi connectivity index (χ4v) is 14.4. The Morgan fingerprint density at radius 2 is 0.466 bits per heavy atom. The number of phosphoric ester groups is 2. The first kappa shape index (κ1) is 101. The van der Waals surface area contributed by atoms with Crippen molar-refractivity contribution in [3.05, 3.63) is 0 Å². The van der Waals surface area contributed by atoms with E-state index >= 15 is 0 Å². The van der Waals surface area contributed by atoms with Gasteiger partial charge in [-0.25, -0.2) is 9.13 Å². The van der Waals surface area contributed by atoms with Gasteiger partial charge in [0.05, 0.1) is 26.4 Å². The van der Waals surface area contributed by atoms with E-state index in [4.69, 9.17) is 37.0 Å². The standard InChI is InChI=1S/C84H164O17P2/c1-9-75(6)61-53-45-37-31-25-21-18-19-23-27-35-41-51-59-66-83(88)100-79(70-94-81(86)64-56-48-39-33-29-28-32-38-46-54-62-76(7)10-2)72-98-102(90,91)96-68-78(85)69-97-103(92,93)99-73-80(71-95-82(87)65-57-49-43-42-47-55-63-77(8)11-3)101-84(89)67-58-50-40-34-26-22-17-15-13-12-14-16-20-24-30-36-44-52-60-74(4)5/h74-80,85H,9-73H2,1-8H3,(H,90,91)(H,92,93)/t75?,76?,77?,78-,79-,80-/m1/s1. The summed E-state index contributed by atoms with van der Waals surface area (Å²) in [4.78, 5) is 73.1. The van der Waals surface area contributed by atoms with E-state index in [0.29, 0.717) is 25.7 Å². The molecule has 0 saturated carbocycles. The number of phosphoric acid groups is 2. The van der Waals surface area contributed by atoms with Gasteiger partial charge in [-0.3, -0.25) is 37.3 Å². The Hall–Kier alpha value is -1.94. The Morgan fingerprint density at radius 3 is 0.689 bits per heavy atom. The SMILES string of the molecule is CCC(C)CCCCCCCCCCCCCCCCC(=O)O[C@H](COC(=O)CCCCCCCCCCCCC(C)CC)COP(=O)(O)OC[C@@H](O)COP(=O)(O)OC[C@@H](COC(=O)CCCCCCCCC(C)CC)OC(=O)CCCCCCCCCCCCCCCCCCCCC(C)C. The molecule has 0 aromatic rings. The quantitative estimate of drug-likeness (QED) is 0.0222. The summed E-state index contributed by atoms with van der Waals surface area (Å²) in [6, 6.07) is 0. The number of hydrogen-bond donors (Lipinski definition) is 3. The largest absolute Gasteiger partial charge is 0.472 e. The summed E-state index contributed by atoms with van der Waals surface area (Å²) < 4.78 is 68.8. The molecule has 0 aliphatic rings. The van der Waals surface area contributed by atoms with E-state index in [1.54, 1.807) is 0 Å². The van der Waals surface area contributed by atoms with Crippen LogP contribution in [-0.2, 0) is 65.4 Å². The third-order valence-electron chi connectivity index (χ3n) is 20.7. The van der Waals surface area contributed by atoms with Gasteiger partial charge >= 0.3 is 39.5 Å². The monoisotopic (exact) mass is 1510 g/mol. The number of ether oxygens (including phenoxy) is 4. The molecule has 0 aromatic heterocycles. The zero-order valence-corrected chi connectivity index (χ0v) is 69.7. The van der Waals surface area contributed by atoms with Crippen LogP contribution in [0.25, 0.3) is 0 Å². The van der Waals surface area contributed by atoms with Crippen LogP contribution in [0.5, 0.6) is 0 Å². The minimum absolute atomic E-state index is 0.107. The average Bonchev–Trinajstić information content (AvgIpc) is 0.906. The maximum Gasteiger partial charge on any atom is 0.472 e. The van der Waals surface area contributed by atoms with Crippen LogP contribution in [0.3, 0.4) is 0 Å².